The van der Waals surface area contributed by atoms with Crippen molar-refractivity contribution in [3.63, 3.8) is 0 Å². The van der Waals surface area contributed by atoms with Crippen molar-refractivity contribution in [3.8, 4) is 0 Å². The third-order valence-corrected chi connectivity index (χ3v) is 9.51. The number of carbonyl (C=O) groups is 1. The largest absolute Gasteiger partial charge is 0.374 e. The molecule has 5 unspecified atom stereocenters. The first-order valence-electron chi connectivity index (χ1n) is 10.5. The number of ether oxygens (including phenoxy) is 1. The summed E-state index contributed by atoms with van der Waals surface area (Å²) in [5.74, 6) is 5.56. The summed E-state index contributed by atoms with van der Waals surface area (Å²) in [6.07, 6.45) is 13.5. The monoisotopic (exact) mass is 326 g/mol. The molecule has 2 heteroatoms. The van der Waals surface area contributed by atoms with Gasteiger partial charge in [0.1, 0.15) is 0 Å². The second-order valence-corrected chi connectivity index (χ2v) is 10.1. The van der Waals surface area contributed by atoms with Gasteiger partial charge in [0.2, 0.25) is 0 Å². The Hall–Kier alpha value is -0.630. The summed E-state index contributed by atoms with van der Waals surface area (Å²) in [6, 6.07) is 0. The fourth-order valence-electron chi connectivity index (χ4n) is 8.44. The molecule has 0 aromatic rings. The van der Waals surface area contributed by atoms with E-state index in [1.54, 1.807) is 5.57 Å². The van der Waals surface area contributed by atoms with E-state index in [1.165, 1.54) is 44.9 Å². The lowest BCUT2D eigenvalue weighted by atomic mass is 9.50. The van der Waals surface area contributed by atoms with Gasteiger partial charge in [0.15, 0.2) is 5.78 Å². The summed E-state index contributed by atoms with van der Waals surface area (Å²) in [5, 5.41) is 0. The number of hydrogen-bond acceptors (Lipinski definition) is 2. The van der Waals surface area contributed by atoms with Crippen molar-refractivity contribution in [1.82, 2.24) is 0 Å². The Balaban J connectivity index is 1.38. The molecule has 1 saturated heterocycles. The third kappa shape index (κ3) is 1.60. The van der Waals surface area contributed by atoms with Crippen molar-refractivity contribution in [1.29, 1.82) is 0 Å². The van der Waals surface area contributed by atoms with Crippen LogP contribution in [0.3, 0.4) is 0 Å². The molecule has 5 fully saturated rings. The summed E-state index contributed by atoms with van der Waals surface area (Å²) >= 11 is 0. The van der Waals surface area contributed by atoms with Crippen LogP contribution in [0.25, 0.3) is 0 Å². The third-order valence-electron chi connectivity index (χ3n) is 9.51. The maximum atomic E-state index is 12.0. The number of rotatable bonds is 0. The Bertz CT molecular complexity index is 628. The second kappa shape index (κ2) is 4.55. The van der Waals surface area contributed by atoms with Crippen LogP contribution in [0.5, 0.6) is 0 Å². The van der Waals surface area contributed by atoms with Gasteiger partial charge in [-0.05, 0) is 98.4 Å². The van der Waals surface area contributed by atoms with Crippen LogP contribution in [-0.4, -0.2) is 18.0 Å². The minimum atomic E-state index is 0.228. The molecule has 130 valence electrons. The summed E-state index contributed by atoms with van der Waals surface area (Å²) in [7, 11) is 0. The van der Waals surface area contributed by atoms with E-state index in [0.717, 1.165) is 55.0 Å². The Morgan fingerprint density at radius 2 is 2.00 bits per heavy atom. The summed E-state index contributed by atoms with van der Waals surface area (Å²) < 4.78 is 6.47. The lowest BCUT2D eigenvalue weighted by Crippen LogP contribution is -2.53. The van der Waals surface area contributed by atoms with Gasteiger partial charge in [0.05, 0.1) is 5.60 Å². The van der Waals surface area contributed by atoms with Crippen molar-refractivity contribution < 1.29 is 9.53 Å². The molecule has 1 aliphatic heterocycles. The van der Waals surface area contributed by atoms with Crippen LogP contribution < -0.4 is 0 Å². The minimum Gasteiger partial charge on any atom is -0.374 e. The van der Waals surface area contributed by atoms with Crippen LogP contribution in [0.2, 0.25) is 0 Å². The molecule has 8 atom stereocenters. The van der Waals surface area contributed by atoms with Gasteiger partial charge in [-0.3, -0.25) is 4.79 Å². The SMILES string of the molecule is C[C@]12CCC3C(C4CC4C4=CC(=O)CC[C@@H]43)C1CC[C@@]21CCCO1. The average Bonchev–Trinajstić information content (AvgIpc) is 3.14. The lowest BCUT2D eigenvalue weighted by Gasteiger charge is -2.56. The lowest BCUT2D eigenvalue weighted by molar-refractivity contribution is -0.130. The normalized spacial score (nSPS) is 57.9. The Kier molecular flexibility index (Phi) is 2.76. The number of allylic oxidation sites excluding steroid dienone is 1. The van der Waals surface area contributed by atoms with Crippen molar-refractivity contribution >= 4 is 5.78 Å². The molecule has 6 rings (SSSR count). The Morgan fingerprint density at radius 3 is 2.83 bits per heavy atom. The Labute approximate surface area is 145 Å². The first-order valence-corrected chi connectivity index (χ1v) is 10.5. The van der Waals surface area contributed by atoms with Gasteiger partial charge in [-0.15, -0.1) is 0 Å². The van der Waals surface area contributed by atoms with E-state index >= 15 is 0 Å². The van der Waals surface area contributed by atoms with Crippen LogP contribution >= 0.6 is 0 Å². The molecule has 2 nitrogen and oxygen atoms in total. The van der Waals surface area contributed by atoms with E-state index in [1.807, 2.05) is 0 Å². The fraction of sp³-hybridized carbons (Fsp3) is 0.864. The molecular weight excluding hydrogens is 296 g/mol. The minimum absolute atomic E-state index is 0.228. The first-order chi connectivity index (χ1) is 11.6. The molecule has 0 radical (unpaired) electrons. The van der Waals surface area contributed by atoms with E-state index in [-0.39, 0.29) is 5.60 Å². The van der Waals surface area contributed by atoms with Crippen molar-refractivity contribution in [2.75, 3.05) is 6.61 Å². The highest BCUT2D eigenvalue weighted by Gasteiger charge is 2.68. The predicted molar refractivity (Wildman–Crippen MR) is 92.4 cm³/mol. The average molecular weight is 326 g/mol. The standard InChI is InChI=1S/C22H30O2/c1-21-8-5-15-14-4-3-13(23)11-16(14)17-12-18(17)20(15)19(21)6-9-22(21)7-2-10-24-22/h11,14-15,17-20H,2-10,12H2,1H3/t14-,15?,17?,18?,19?,20?,21+,22+/m1/s1. The molecule has 0 aromatic carbocycles. The summed E-state index contributed by atoms with van der Waals surface area (Å²) in [4.78, 5) is 12.0. The topological polar surface area (TPSA) is 26.3 Å². The molecule has 0 N–H and O–H groups in total. The molecule has 1 spiro atoms. The number of carbonyl (C=O) groups excluding carboxylic acids is 1. The molecule has 0 aromatic heterocycles. The highest BCUT2D eigenvalue weighted by molar-refractivity contribution is 5.91. The quantitative estimate of drug-likeness (QED) is 0.653. The van der Waals surface area contributed by atoms with E-state index in [4.69, 9.17) is 4.74 Å². The molecule has 6 aliphatic rings. The van der Waals surface area contributed by atoms with Gasteiger partial charge in [0.25, 0.3) is 0 Å². The number of hydrogen-bond donors (Lipinski definition) is 0. The van der Waals surface area contributed by atoms with Gasteiger partial charge in [-0.1, -0.05) is 12.5 Å². The molecule has 24 heavy (non-hydrogen) atoms. The molecule has 1 heterocycles. The first kappa shape index (κ1) is 14.5. The van der Waals surface area contributed by atoms with Gasteiger partial charge < -0.3 is 4.74 Å². The van der Waals surface area contributed by atoms with Crippen LogP contribution in [0.15, 0.2) is 11.6 Å². The van der Waals surface area contributed by atoms with E-state index < -0.39 is 0 Å². The van der Waals surface area contributed by atoms with Gasteiger partial charge in [0, 0.05) is 13.0 Å². The van der Waals surface area contributed by atoms with Crippen molar-refractivity contribution in [2.45, 2.75) is 70.3 Å². The molecule has 0 amide bonds. The van der Waals surface area contributed by atoms with Crippen LogP contribution in [0.1, 0.15) is 64.7 Å². The number of fused-ring (bicyclic) bond motifs is 9. The number of ketones is 1. The van der Waals surface area contributed by atoms with Gasteiger partial charge >= 0.3 is 0 Å². The highest BCUT2D eigenvalue weighted by atomic mass is 16.5. The molecule has 5 aliphatic carbocycles. The van der Waals surface area contributed by atoms with Crippen molar-refractivity contribution in [3.05, 3.63) is 11.6 Å². The van der Waals surface area contributed by atoms with E-state index in [0.29, 0.717) is 11.2 Å². The van der Waals surface area contributed by atoms with Crippen molar-refractivity contribution in [2.24, 2.45) is 40.9 Å². The zero-order valence-corrected chi connectivity index (χ0v) is 14.9. The summed E-state index contributed by atoms with van der Waals surface area (Å²) in [5.41, 5.74) is 2.25. The fourth-order valence-corrected chi connectivity index (χ4v) is 8.44. The van der Waals surface area contributed by atoms with Gasteiger partial charge in [-0.2, -0.15) is 0 Å². The molecular formula is C22H30O2. The smallest absolute Gasteiger partial charge is 0.155 e. The summed E-state index contributed by atoms with van der Waals surface area (Å²) in [6.45, 7) is 3.60. The predicted octanol–water partition coefficient (Wildman–Crippen LogP) is 4.53. The zero-order chi connectivity index (χ0) is 16.1. The van der Waals surface area contributed by atoms with Gasteiger partial charge in [-0.25, -0.2) is 0 Å². The molecule has 0 bridgehead atoms. The second-order valence-electron chi connectivity index (χ2n) is 10.1. The van der Waals surface area contributed by atoms with Crippen LogP contribution in [-0.2, 0) is 9.53 Å². The van der Waals surface area contributed by atoms with E-state index in [2.05, 4.69) is 13.0 Å². The maximum Gasteiger partial charge on any atom is 0.155 e. The zero-order valence-electron chi connectivity index (χ0n) is 14.9. The van der Waals surface area contributed by atoms with E-state index in [9.17, 15) is 4.79 Å². The molecule has 4 saturated carbocycles. The Morgan fingerprint density at radius 1 is 1.08 bits per heavy atom. The highest BCUT2D eigenvalue weighted by Crippen LogP contribution is 2.73. The maximum absolute atomic E-state index is 12.0. The van der Waals surface area contributed by atoms with Crippen LogP contribution in [0.4, 0.5) is 0 Å². The van der Waals surface area contributed by atoms with Crippen LogP contribution in [0, 0.1) is 40.9 Å².